The Morgan fingerprint density at radius 2 is 1.44 bits per heavy atom. The minimum atomic E-state index is -4.64. The smallest absolute Gasteiger partial charge is 0.466 e. The fourth-order valence-electron chi connectivity index (χ4n) is 0.204. The lowest BCUT2D eigenvalue weighted by molar-refractivity contribution is -0.132. The number of phosphoric acid groups is 1. The van der Waals surface area contributed by atoms with Gasteiger partial charge in [-0.05, 0) is 20.8 Å². The quantitative estimate of drug-likeness (QED) is 0.435. The van der Waals surface area contributed by atoms with E-state index in [9.17, 15) is 4.79 Å². The molecule has 0 aliphatic rings. The van der Waals surface area contributed by atoms with E-state index in [0.29, 0.717) is 0 Å². The summed E-state index contributed by atoms with van der Waals surface area (Å²) in [5.41, 5.74) is 0.176. The van der Waals surface area contributed by atoms with Crippen LogP contribution in [0, 0.1) is 0 Å². The molecule has 0 aromatic heterocycles. The van der Waals surface area contributed by atoms with E-state index in [-0.39, 0.29) is 5.57 Å². The topological polar surface area (TPSA) is 124 Å². The summed E-state index contributed by atoms with van der Waals surface area (Å²) < 4.78 is 13.7. The first kappa shape index (κ1) is 20.7. The molecular formula is C8H19O7P. The summed E-state index contributed by atoms with van der Waals surface area (Å²) in [5.74, 6) is -0.935. The van der Waals surface area contributed by atoms with E-state index in [1.165, 1.54) is 6.92 Å². The number of aliphatic carboxylic acids is 1. The molecule has 0 radical (unpaired) electrons. The Labute approximate surface area is 94.6 Å². The molecule has 8 heteroatoms. The van der Waals surface area contributed by atoms with Gasteiger partial charge in [0.2, 0.25) is 0 Å². The van der Waals surface area contributed by atoms with Crippen molar-refractivity contribution in [3.05, 3.63) is 12.2 Å². The van der Waals surface area contributed by atoms with Crippen molar-refractivity contribution in [2.24, 2.45) is 0 Å². The SMILES string of the molecule is C=C(C)C(=O)O.CCOCC.O=P(O)(O)O. The van der Waals surface area contributed by atoms with Crippen LogP contribution < -0.4 is 0 Å². The molecule has 0 amide bonds. The van der Waals surface area contributed by atoms with E-state index in [1.807, 2.05) is 13.8 Å². The highest BCUT2D eigenvalue weighted by Crippen LogP contribution is 2.25. The summed E-state index contributed by atoms with van der Waals surface area (Å²) in [6.07, 6.45) is 0. The van der Waals surface area contributed by atoms with Gasteiger partial charge in [0, 0.05) is 18.8 Å². The van der Waals surface area contributed by atoms with E-state index in [2.05, 4.69) is 6.58 Å². The first-order valence-corrected chi connectivity index (χ1v) is 5.87. The predicted octanol–water partition coefficient (Wildman–Crippen LogP) is 0.761. The van der Waals surface area contributed by atoms with Crippen LogP contribution in [0.2, 0.25) is 0 Å². The molecule has 0 aliphatic heterocycles. The van der Waals surface area contributed by atoms with E-state index >= 15 is 0 Å². The fourth-order valence-corrected chi connectivity index (χ4v) is 0.204. The van der Waals surface area contributed by atoms with Crippen LogP contribution in [0.5, 0.6) is 0 Å². The van der Waals surface area contributed by atoms with Gasteiger partial charge in [0.05, 0.1) is 0 Å². The largest absolute Gasteiger partial charge is 0.478 e. The second-order valence-electron chi connectivity index (χ2n) is 2.38. The monoisotopic (exact) mass is 258 g/mol. The van der Waals surface area contributed by atoms with Crippen molar-refractivity contribution < 1.29 is 33.9 Å². The van der Waals surface area contributed by atoms with Gasteiger partial charge in [0.15, 0.2) is 0 Å². The van der Waals surface area contributed by atoms with Gasteiger partial charge in [0.1, 0.15) is 0 Å². The standard InChI is InChI=1S/C4H6O2.C4H10O.H3O4P/c1-3(2)4(5)6;1-3-5-4-2;1-5(2,3)4/h1H2,2H3,(H,5,6);3-4H2,1-2H3;(H3,1,2,3,4). The number of rotatable bonds is 3. The third kappa shape index (κ3) is 71.8. The van der Waals surface area contributed by atoms with Crippen molar-refractivity contribution in [2.75, 3.05) is 13.2 Å². The molecule has 0 aromatic rings. The molecule has 0 aliphatic carbocycles. The summed E-state index contributed by atoms with van der Waals surface area (Å²) >= 11 is 0. The van der Waals surface area contributed by atoms with E-state index in [1.54, 1.807) is 0 Å². The maximum atomic E-state index is 9.60. The molecule has 0 spiro atoms. The van der Waals surface area contributed by atoms with Gasteiger partial charge in [0.25, 0.3) is 0 Å². The minimum Gasteiger partial charge on any atom is -0.478 e. The number of carboxylic acid groups (broad SMARTS) is 1. The molecule has 0 aromatic carbocycles. The normalized spacial score (nSPS) is 9.12. The number of carboxylic acids is 1. The zero-order valence-corrected chi connectivity index (χ0v) is 10.5. The highest BCUT2D eigenvalue weighted by molar-refractivity contribution is 7.45. The van der Waals surface area contributed by atoms with Gasteiger partial charge >= 0.3 is 13.8 Å². The van der Waals surface area contributed by atoms with Gasteiger partial charge in [-0.2, -0.15) is 0 Å². The maximum absolute atomic E-state index is 9.60. The highest BCUT2D eigenvalue weighted by Gasteiger charge is 2.00. The average molecular weight is 258 g/mol. The van der Waals surface area contributed by atoms with E-state index in [4.69, 9.17) is 29.1 Å². The molecule has 0 saturated carbocycles. The molecule has 0 unspecified atom stereocenters. The zero-order valence-electron chi connectivity index (χ0n) is 9.58. The Kier molecular flexibility index (Phi) is 15.9. The lowest BCUT2D eigenvalue weighted by Gasteiger charge is -1.86. The van der Waals surface area contributed by atoms with Crippen molar-refractivity contribution >= 4 is 13.8 Å². The van der Waals surface area contributed by atoms with Crippen LogP contribution in [0.25, 0.3) is 0 Å². The Balaban J connectivity index is -0.000000160. The Morgan fingerprint density at radius 1 is 1.25 bits per heavy atom. The molecule has 16 heavy (non-hydrogen) atoms. The number of carbonyl (C=O) groups is 1. The first-order valence-electron chi connectivity index (χ1n) is 4.31. The molecular weight excluding hydrogens is 239 g/mol. The summed E-state index contributed by atoms with van der Waals surface area (Å²) in [7, 11) is -4.64. The molecule has 0 rings (SSSR count). The highest BCUT2D eigenvalue weighted by atomic mass is 31.2. The second-order valence-corrected chi connectivity index (χ2v) is 3.41. The maximum Gasteiger partial charge on any atom is 0.466 e. The van der Waals surface area contributed by atoms with Crippen molar-refractivity contribution in [1.82, 2.24) is 0 Å². The van der Waals surface area contributed by atoms with Gasteiger partial charge < -0.3 is 24.5 Å². The molecule has 7 nitrogen and oxygen atoms in total. The molecule has 4 N–H and O–H groups in total. The Morgan fingerprint density at radius 3 is 1.44 bits per heavy atom. The van der Waals surface area contributed by atoms with Crippen molar-refractivity contribution in [2.45, 2.75) is 20.8 Å². The summed E-state index contributed by atoms with van der Waals surface area (Å²) in [5, 5.41) is 7.89. The van der Waals surface area contributed by atoms with Gasteiger partial charge in [-0.3, -0.25) is 0 Å². The van der Waals surface area contributed by atoms with Crippen LogP contribution in [0.15, 0.2) is 12.2 Å². The van der Waals surface area contributed by atoms with Crippen LogP contribution >= 0.6 is 7.82 Å². The molecule has 0 bridgehead atoms. The molecule has 0 atom stereocenters. The van der Waals surface area contributed by atoms with Crippen LogP contribution in [-0.4, -0.2) is 39.0 Å². The summed E-state index contributed by atoms with van der Waals surface area (Å²) in [6, 6.07) is 0. The minimum absolute atomic E-state index is 0.176. The fraction of sp³-hybridized carbons (Fsp3) is 0.625. The van der Waals surface area contributed by atoms with Crippen LogP contribution in [-0.2, 0) is 14.1 Å². The molecule has 0 saturated heterocycles. The van der Waals surface area contributed by atoms with E-state index < -0.39 is 13.8 Å². The van der Waals surface area contributed by atoms with Crippen LogP contribution in [0.4, 0.5) is 0 Å². The summed E-state index contributed by atoms with van der Waals surface area (Å²) in [6.45, 7) is 10.3. The van der Waals surface area contributed by atoms with E-state index in [0.717, 1.165) is 13.2 Å². The van der Waals surface area contributed by atoms with Crippen molar-refractivity contribution in [1.29, 1.82) is 0 Å². The molecule has 98 valence electrons. The average Bonchev–Trinajstić information content (AvgIpc) is 2.03. The van der Waals surface area contributed by atoms with Crippen LogP contribution in [0.3, 0.4) is 0 Å². The second kappa shape index (κ2) is 12.4. The van der Waals surface area contributed by atoms with Gasteiger partial charge in [-0.1, -0.05) is 6.58 Å². The number of ether oxygens (including phenoxy) is 1. The third-order valence-corrected chi connectivity index (χ3v) is 0.773. The molecule has 0 fully saturated rings. The van der Waals surface area contributed by atoms with Crippen LogP contribution in [0.1, 0.15) is 20.8 Å². The zero-order chi connectivity index (χ0) is 13.8. The van der Waals surface area contributed by atoms with Gasteiger partial charge in [-0.25, -0.2) is 9.36 Å². The summed E-state index contributed by atoms with van der Waals surface area (Å²) in [4.78, 5) is 31.2. The molecule has 0 heterocycles. The first-order chi connectivity index (χ1) is 7.06. The number of hydrogen-bond donors (Lipinski definition) is 4. The third-order valence-electron chi connectivity index (χ3n) is 0.773. The number of hydrogen-bond acceptors (Lipinski definition) is 3. The van der Waals surface area contributed by atoms with Crippen molar-refractivity contribution in [3.8, 4) is 0 Å². The van der Waals surface area contributed by atoms with Gasteiger partial charge in [-0.15, -0.1) is 0 Å². The predicted molar refractivity (Wildman–Crippen MR) is 58.9 cm³/mol. The lowest BCUT2D eigenvalue weighted by atomic mass is 10.4. The van der Waals surface area contributed by atoms with Crippen molar-refractivity contribution in [3.63, 3.8) is 0 Å². The Hall–Kier alpha value is -0.720. The Bertz CT molecular complexity index is 210. The lowest BCUT2D eigenvalue weighted by Crippen LogP contribution is -1.92.